The summed E-state index contributed by atoms with van der Waals surface area (Å²) in [6.07, 6.45) is 3.30. The van der Waals surface area contributed by atoms with Crippen molar-refractivity contribution in [3.05, 3.63) is 35.1 Å². The summed E-state index contributed by atoms with van der Waals surface area (Å²) >= 11 is 1.94. The quantitative estimate of drug-likeness (QED) is 0.831. The second kappa shape index (κ2) is 5.58. The predicted octanol–water partition coefficient (Wildman–Crippen LogP) is 0.905. The Hall–Kier alpha value is -1.60. The molecule has 2 aromatic heterocycles. The van der Waals surface area contributed by atoms with Gasteiger partial charge in [-0.05, 0) is 12.1 Å². The van der Waals surface area contributed by atoms with Crippen LogP contribution in [-0.2, 0) is 6.67 Å². The molecule has 0 radical (unpaired) electrons. The van der Waals surface area contributed by atoms with Gasteiger partial charge >= 0.3 is 5.76 Å². The summed E-state index contributed by atoms with van der Waals surface area (Å²) in [5.74, 6) is 2.14. The van der Waals surface area contributed by atoms with Crippen LogP contribution in [0.25, 0.3) is 11.5 Å². The summed E-state index contributed by atoms with van der Waals surface area (Å²) < 4.78 is 6.56. The molecule has 1 aliphatic rings. The molecule has 0 spiro atoms. The molecular formula is C12H14N4O2S. The highest BCUT2D eigenvalue weighted by atomic mass is 32.2. The van der Waals surface area contributed by atoms with Gasteiger partial charge in [0, 0.05) is 42.6 Å². The molecule has 0 bridgehead atoms. The summed E-state index contributed by atoms with van der Waals surface area (Å²) in [5.41, 5.74) is 0.764. The maximum Gasteiger partial charge on any atom is 0.438 e. The van der Waals surface area contributed by atoms with Crippen LogP contribution in [0.3, 0.4) is 0 Å². The Balaban J connectivity index is 1.79. The number of hydrogen-bond acceptors (Lipinski definition) is 6. The first kappa shape index (κ1) is 12.4. The van der Waals surface area contributed by atoms with Gasteiger partial charge < -0.3 is 4.42 Å². The SMILES string of the molecule is O=c1oc(-c2ccncc2)nn1CN1CCSCC1. The Bertz CT molecular complexity index is 589. The number of thioether (sulfide) groups is 1. The second-order valence-corrected chi connectivity index (χ2v) is 5.51. The Kier molecular flexibility index (Phi) is 3.65. The van der Waals surface area contributed by atoms with Gasteiger partial charge in [0.1, 0.15) is 6.67 Å². The fourth-order valence-electron chi connectivity index (χ4n) is 1.94. The number of pyridine rings is 1. The number of hydrogen-bond donors (Lipinski definition) is 0. The van der Waals surface area contributed by atoms with E-state index in [1.165, 1.54) is 4.68 Å². The van der Waals surface area contributed by atoms with Gasteiger partial charge in [-0.1, -0.05) is 0 Å². The van der Waals surface area contributed by atoms with Crippen LogP contribution in [0.15, 0.2) is 33.7 Å². The van der Waals surface area contributed by atoms with Crippen LogP contribution in [0.4, 0.5) is 0 Å². The third kappa shape index (κ3) is 2.87. The molecule has 0 atom stereocenters. The van der Waals surface area contributed by atoms with E-state index in [1.54, 1.807) is 24.5 Å². The lowest BCUT2D eigenvalue weighted by Crippen LogP contribution is -2.37. The minimum atomic E-state index is -0.412. The van der Waals surface area contributed by atoms with E-state index in [-0.39, 0.29) is 0 Å². The minimum Gasteiger partial charge on any atom is -0.388 e. The van der Waals surface area contributed by atoms with Crippen LogP contribution in [-0.4, -0.2) is 44.3 Å². The normalized spacial score (nSPS) is 16.6. The van der Waals surface area contributed by atoms with E-state index in [1.807, 2.05) is 11.8 Å². The third-order valence-corrected chi connectivity index (χ3v) is 3.91. The number of aromatic nitrogens is 3. The number of nitrogens with zero attached hydrogens (tertiary/aromatic N) is 4. The molecule has 2 aromatic rings. The van der Waals surface area contributed by atoms with E-state index in [2.05, 4.69) is 15.0 Å². The molecule has 7 heteroatoms. The van der Waals surface area contributed by atoms with Gasteiger partial charge in [0.25, 0.3) is 0 Å². The fraction of sp³-hybridized carbons (Fsp3) is 0.417. The van der Waals surface area contributed by atoms with Crippen LogP contribution < -0.4 is 5.76 Å². The summed E-state index contributed by atoms with van der Waals surface area (Å²) in [4.78, 5) is 17.9. The Morgan fingerprint density at radius 1 is 1.26 bits per heavy atom. The van der Waals surface area contributed by atoms with Crippen molar-refractivity contribution in [3.8, 4) is 11.5 Å². The molecule has 6 nitrogen and oxygen atoms in total. The van der Waals surface area contributed by atoms with Gasteiger partial charge in [-0.25, -0.2) is 4.79 Å². The molecule has 0 N–H and O–H groups in total. The van der Waals surface area contributed by atoms with E-state index in [9.17, 15) is 4.79 Å². The second-order valence-electron chi connectivity index (χ2n) is 4.28. The summed E-state index contributed by atoms with van der Waals surface area (Å²) in [7, 11) is 0. The molecular weight excluding hydrogens is 264 g/mol. The average Bonchev–Trinajstić information content (AvgIpc) is 2.82. The standard InChI is InChI=1S/C12H14N4O2S/c17-12-16(9-15-5-7-19-8-6-15)14-11(18-12)10-1-3-13-4-2-10/h1-4H,5-9H2. The zero-order valence-corrected chi connectivity index (χ0v) is 11.2. The topological polar surface area (TPSA) is 64.2 Å². The predicted molar refractivity (Wildman–Crippen MR) is 72.9 cm³/mol. The minimum absolute atomic E-state index is 0.346. The van der Waals surface area contributed by atoms with E-state index in [0.717, 1.165) is 30.2 Å². The van der Waals surface area contributed by atoms with Crippen LogP contribution in [0.5, 0.6) is 0 Å². The number of rotatable bonds is 3. The molecule has 19 heavy (non-hydrogen) atoms. The lowest BCUT2D eigenvalue weighted by molar-refractivity contribution is 0.220. The highest BCUT2D eigenvalue weighted by Crippen LogP contribution is 2.14. The zero-order valence-electron chi connectivity index (χ0n) is 10.4. The van der Waals surface area contributed by atoms with Gasteiger partial charge in [0.2, 0.25) is 5.89 Å². The molecule has 0 saturated carbocycles. The van der Waals surface area contributed by atoms with Gasteiger partial charge in [0.05, 0.1) is 0 Å². The highest BCUT2D eigenvalue weighted by Gasteiger charge is 2.15. The van der Waals surface area contributed by atoms with Crippen LogP contribution in [0.1, 0.15) is 0 Å². The summed E-state index contributed by atoms with van der Waals surface area (Å²) in [6.45, 7) is 2.46. The van der Waals surface area contributed by atoms with E-state index >= 15 is 0 Å². The summed E-state index contributed by atoms with van der Waals surface area (Å²) in [5, 5.41) is 4.24. The van der Waals surface area contributed by atoms with E-state index < -0.39 is 5.76 Å². The molecule has 3 rings (SSSR count). The first-order valence-corrected chi connectivity index (χ1v) is 7.27. The smallest absolute Gasteiger partial charge is 0.388 e. The largest absolute Gasteiger partial charge is 0.438 e. The highest BCUT2D eigenvalue weighted by molar-refractivity contribution is 7.99. The molecule has 0 amide bonds. The monoisotopic (exact) mass is 278 g/mol. The summed E-state index contributed by atoms with van der Waals surface area (Å²) in [6, 6.07) is 3.54. The Morgan fingerprint density at radius 2 is 2.00 bits per heavy atom. The fourth-order valence-corrected chi connectivity index (χ4v) is 2.92. The van der Waals surface area contributed by atoms with Crippen molar-refractivity contribution < 1.29 is 4.42 Å². The van der Waals surface area contributed by atoms with E-state index in [4.69, 9.17) is 4.42 Å². The van der Waals surface area contributed by atoms with Crippen LogP contribution >= 0.6 is 11.8 Å². The van der Waals surface area contributed by atoms with Gasteiger partial charge in [0.15, 0.2) is 0 Å². The van der Waals surface area contributed by atoms with Crippen molar-refractivity contribution in [1.29, 1.82) is 0 Å². The lowest BCUT2D eigenvalue weighted by atomic mass is 10.3. The molecule has 3 heterocycles. The van der Waals surface area contributed by atoms with Gasteiger partial charge in [-0.3, -0.25) is 9.88 Å². The van der Waals surface area contributed by atoms with E-state index in [0.29, 0.717) is 12.6 Å². The van der Waals surface area contributed by atoms with Crippen LogP contribution in [0.2, 0.25) is 0 Å². The maximum absolute atomic E-state index is 11.8. The lowest BCUT2D eigenvalue weighted by Gasteiger charge is -2.24. The van der Waals surface area contributed by atoms with Crippen LogP contribution in [0, 0.1) is 0 Å². The van der Waals surface area contributed by atoms with Crippen molar-refractivity contribution in [2.24, 2.45) is 0 Å². The first-order valence-electron chi connectivity index (χ1n) is 6.11. The Labute approximate surface area is 114 Å². The molecule has 1 saturated heterocycles. The maximum atomic E-state index is 11.8. The van der Waals surface area contributed by atoms with Gasteiger partial charge in [-0.15, -0.1) is 5.10 Å². The van der Waals surface area contributed by atoms with Crippen molar-refractivity contribution in [3.63, 3.8) is 0 Å². The molecule has 0 aliphatic carbocycles. The zero-order chi connectivity index (χ0) is 13.1. The van der Waals surface area contributed by atoms with Gasteiger partial charge in [-0.2, -0.15) is 16.4 Å². The third-order valence-electron chi connectivity index (χ3n) is 2.97. The molecule has 0 aromatic carbocycles. The van der Waals surface area contributed by atoms with Crippen molar-refractivity contribution in [2.45, 2.75) is 6.67 Å². The van der Waals surface area contributed by atoms with Crippen molar-refractivity contribution >= 4 is 11.8 Å². The Morgan fingerprint density at radius 3 is 2.74 bits per heavy atom. The van der Waals surface area contributed by atoms with Crippen molar-refractivity contribution in [2.75, 3.05) is 24.6 Å². The first-order chi connectivity index (χ1) is 9.33. The molecule has 1 fully saturated rings. The van der Waals surface area contributed by atoms with Crippen molar-refractivity contribution in [1.82, 2.24) is 19.7 Å². The average molecular weight is 278 g/mol. The molecule has 1 aliphatic heterocycles. The molecule has 100 valence electrons. The molecule has 0 unspecified atom stereocenters.